The zero-order valence-electron chi connectivity index (χ0n) is 15.5. The highest BCUT2D eigenvalue weighted by Gasteiger charge is 2.20. The third-order valence-corrected chi connectivity index (χ3v) is 4.57. The van der Waals surface area contributed by atoms with E-state index in [4.69, 9.17) is 0 Å². The number of hydrogen-bond donors (Lipinski definition) is 1. The van der Waals surface area contributed by atoms with E-state index >= 15 is 0 Å². The van der Waals surface area contributed by atoms with E-state index in [9.17, 15) is 4.79 Å². The fraction of sp³-hybridized carbons (Fsp3) is 0.0870. The molecule has 0 aliphatic carbocycles. The van der Waals surface area contributed by atoms with Crippen LogP contribution in [0.3, 0.4) is 0 Å². The first-order valence-corrected chi connectivity index (χ1v) is 9.13. The Morgan fingerprint density at radius 3 is 2.29 bits per heavy atom. The van der Waals surface area contributed by atoms with Gasteiger partial charge in [0.15, 0.2) is 0 Å². The molecule has 5 heteroatoms. The topological polar surface area (TPSA) is 59.8 Å². The number of nitrogens with zero attached hydrogens (tertiary/aromatic N) is 3. The minimum Gasteiger partial charge on any atom is -0.383 e. The number of hydrogen-bond acceptors (Lipinski definition) is 4. The van der Waals surface area contributed by atoms with Crippen molar-refractivity contribution in [1.82, 2.24) is 20.3 Å². The Labute approximate surface area is 163 Å². The smallest absolute Gasteiger partial charge is 0.213 e. The van der Waals surface area contributed by atoms with Crippen molar-refractivity contribution >= 4 is 22.5 Å². The molecule has 0 fully saturated rings. The van der Waals surface area contributed by atoms with Gasteiger partial charge >= 0.3 is 0 Å². The highest BCUT2D eigenvalue weighted by molar-refractivity contribution is 6.25. The van der Waals surface area contributed by atoms with Crippen molar-refractivity contribution in [2.45, 2.75) is 13.5 Å². The van der Waals surface area contributed by atoms with E-state index in [-0.39, 0.29) is 5.78 Å². The van der Waals surface area contributed by atoms with Crippen LogP contribution in [0.1, 0.15) is 22.8 Å². The normalized spacial score (nSPS) is 11.9. The predicted molar refractivity (Wildman–Crippen MR) is 110 cm³/mol. The van der Waals surface area contributed by atoms with Gasteiger partial charge in [-0.2, -0.15) is 0 Å². The number of nitrogens with one attached hydrogen (secondary N) is 1. The lowest BCUT2D eigenvalue weighted by Gasteiger charge is -2.14. The lowest BCUT2D eigenvalue weighted by atomic mass is 10.1. The Bertz CT molecular complexity index is 1130. The molecule has 0 atom stereocenters. The summed E-state index contributed by atoms with van der Waals surface area (Å²) in [6.07, 6.45) is 0. The van der Waals surface area contributed by atoms with Crippen molar-refractivity contribution < 1.29 is 4.79 Å². The molecule has 0 aliphatic heterocycles. The summed E-state index contributed by atoms with van der Waals surface area (Å²) >= 11 is 0. The van der Waals surface area contributed by atoms with Gasteiger partial charge in [-0.3, -0.25) is 4.79 Å². The number of rotatable bonds is 6. The first-order chi connectivity index (χ1) is 13.7. The van der Waals surface area contributed by atoms with Gasteiger partial charge in [0.05, 0.1) is 5.52 Å². The SMILES string of the molecule is C/C(NCc1ccccc1)=C(/C(=O)c1ccccc1)n1nnc2ccccc21. The van der Waals surface area contributed by atoms with Gasteiger partial charge in [0, 0.05) is 17.8 Å². The summed E-state index contributed by atoms with van der Waals surface area (Å²) in [4.78, 5) is 13.4. The second kappa shape index (κ2) is 7.88. The zero-order chi connectivity index (χ0) is 19.3. The summed E-state index contributed by atoms with van der Waals surface area (Å²) in [5.74, 6) is -0.102. The second-order valence-electron chi connectivity index (χ2n) is 6.50. The van der Waals surface area contributed by atoms with E-state index in [1.165, 1.54) is 0 Å². The van der Waals surface area contributed by atoms with Crippen LogP contribution in [0.15, 0.2) is 90.6 Å². The molecule has 0 bridgehead atoms. The molecule has 1 heterocycles. The Hall–Kier alpha value is -3.73. The van der Waals surface area contributed by atoms with Crippen LogP contribution in [0.5, 0.6) is 0 Å². The van der Waals surface area contributed by atoms with Gasteiger partial charge in [-0.05, 0) is 24.6 Å². The molecule has 0 aliphatic rings. The van der Waals surface area contributed by atoms with Gasteiger partial charge in [-0.1, -0.05) is 78.0 Å². The molecule has 0 saturated heterocycles. The predicted octanol–water partition coefficient (Wildman–Crippen LogP) is 4.29. The lowest BCUT2D eigenvalue weighted by Crippen LogP contribution is -2.20. The van der Waals surface area contributed by atoms with Crippen molar-refractivity contribution in [1.29, 1.82) is 0 Å². The summed E-state index contributed by atoms with van der Waals surface area (Å²) in [7, 11) is 0. The molecular weight excluding hydrogens is 348 g/mol. The fourth-order valence-corrected chi connectivity index (χ4v) is 3.10. The number of fused-ring (bicyclic) bond motifs is 1. The second-order valence-corrected chi connectivity index (χ2v) is 6.50. The third-order valence-electron chi connectivity index (χ3n) is 4.57. The molecule has 0 unspecified atom stereocenters. The largest absolute Gasteiger partial charge is 0.383 e. The maximum atomic E-state index is 13.4. The molecule has 5 nitrogen and oxygen atoms in total. The number of para-hydroxylation sites is 1. The van der Waals surface area contributed by atoms with Crippen LogP contribution >= 0.6 is 0 Å². The van der Waals surface area contributed by atoms with Crippen LogP contribution in [0, 0.1) is 0 Å². The van der Waals surface area contributed by atoms with Gasteiger partial charge < -0.3 is 5.32 Å². The van der Waals surface area contributed by atoms with E-state index in [0.717, 1.165) is 22.3 Å². The summed E-state index contributed by atoms with van der Waals surface area (Å²) in [5, 5.41) is 11.9. The number of aromatic nitrogens is 3. The maximum absolute atomic E-state index is 13.4. The molecule has 0 saturated carbocycles. The Morgan fingerprint density at radius 2 is 1.54 bits per heavy atom. The number of ketones is 1. The first-order valence-electron chi connectivity index (χ1n) is 9.13. The number of allylic oxidation sites excluding steroid dienone is 2. The van der Waals surface area contributed by atoms with Crippen molar-refractivity contribution in [3.05, 3.63) is 102 Å². The standard InChI is InChI=1S/C23H20N4O/c1-17(24-16-18-10-4-2-5-11-18)22(23(28)19-12-6-3-7-13-19)27-21-15-9-8-14-20(21)25-26-27/h2-15,24H,16H2,1H3/b22-17+. The summed E-state index contributed by atoms with van der Waals surface area (Å²) in [6, 6.07) is 26.9. The molecule has 0 spiro atoms. The molecule has 3 aromatic carbocycles. The van der Waals surface area contributed by atoms with Gasteiger partial charge in [-0.25, -0.2) is 4.68 Å². The fourth-order valence-electron chi connectivity index (χ4n) is 3.10. The highest BCUT2D eigenvalue weighted by Crippen LogP contribution is 2.21. The van der Waals surface area contributed by atoms with Crippen molar-refractivity contribution in [3.63, 3.8) is 0 Å². The van der Waals surface area contributed by atoms with E-state index in [1.54, 1.807) is 4.68 Å². The molecule has 4 aromatic rings. The number of carbonyl (C=O) groups excluding carboxylic acids is 1. The summed E-state index contributed by atoms with van der Waals surface area (Å²) < 4.78 is 1.62. The van der Waals surface area contributed by atoms with E-state index < -0.39 is 0 Å². The number of carbonyl (C=O) groups is 1. The quantitative estimate of drug-likeness (QED) is 0.407. The highest BCUT2D eigenvalue weighted by atomic mass is 16.1. The van der Waals surface area contributed by atoms with Crippen LogP contribution in [0.25, 0.3) is 16.7 Å². The average Bonchev–Trinajstić information content (AvgIpc) is 3.17. The van der Waals surface area contributed by atoms with Crippen LogP contribution < -0.4 is 5.32 Å². The Kier molecular flexibility index (Phi) is 4.97. The monoisotopic (exact) mass is 368 g/mol. The Balaban J connectivity index is 1.78. The van der Waals surface area contributed by atoms with Crippen molar-refractivity contribution in [3.8, 4) is 0 Å². The van der Waals surface area contributed by atoms with Gasteiger partial charge in [0.25, 0.3) is 0 Å². The lowest BCUT2D eigenvalue weighted by molar-refractivity contribution is 0.104. The molecule has 0 amide bonds. The van der Waals surface area contributed by atoms with Crippen LogP contribution in [-0.4, -0.2) is 20.8 Å². The molecule has 0 radical (unpaired) electrons. The summed E-state index contributed by atoms with van der Waals surface area (Å²) in [5.41, 5.74) is 4.50. The molecular formula is C23H20N4O. The average molecular weight is 368 g/mol. The van der Waals surface area contributed by atoms with E-state index in [0.29, 0.717) is 17.8 Å². The molecule has 1 N–H and O–H groups in total. The minimum absolute atomic E-state index is 0.102. The van der Waals surface area contributed by atoms with Crippen LogP contribution in [-0.2, 0) is 6.54 Å². The van der Waals surface area contributed by atoms with E-state index in [1.807, 2.05) is 91.9 Å². The number of Topliss-reactive ketones (excluding diaryl/α,β-unsaturated/α-hetero) is 1. The van der Waals surface area contributed by atoms with E-state index in [2.05, 4.69) is 15.6 Å². The van der Waals surface area contributed by atoms with Crippen molar-refractivity contribution in [2.75, 3.05) is 0 Å². The molecule has 28 heavy (non-hydrogen) atoms. The van der Waals surface area contributed by atoms with Crippen LogP contribution in [0.2, 0.25) is 0 Å². The van der Waals surface area contributed by atoms with Crippen LogP contribution in [0.4, 0.5) is 0 Å². The molecule has 138 valence electrons. The number of benzene rings is 3. The zero-order valence-corrected chi connectivity index (χ0v) is 15.5. The minimum atomic E-state index is -0.102. The first kappa shape index (κ1) is 17.7. The van der Waals surface area contributed by atoms with Gasteiger partial charge in [0.1, 0.15) is 11.2 Å². The van der Waals surface area contributed by atoms with Gasteiger partial charge in [0.2, 0.25) is 5.78 Å². The third kappa shape index (κ3) is 3.55. The Morgan fingerprint density at radius 1 is 0.893 bits per heavy atom. The maximum Gasteiger partial charge on any atom is 0.213 e. The van der Waals surface area contributed by atoms with Gasteiger partial charge in [-0.15, -0.1) is 5.10 Å². The molecule has 4 rings (SSSR count). The summed E-state index contributed by atoms with van der Waals surface area (Å²) in [6.45, 7) is 2.51. The molecule has 1 aromatic heterocycles. The van der Waals surface area contributed by atoms with Crippen molar-refractivity contribution in [2.24, 2.45) is 0 Å².